The molecule has 184 valence electrons. The maximum Gasteiger partial charge on any atom is 0.416 e. The molecule has 1 atom stereocenters. The number of hydrogen-bond donors (Lipinski definition) is 1. The topological polar surface area (TPSA) is 90.3 Å². The number of carbonyl (C=O) groups is 3. The van der Waals surface area contributed by atoms with Gasteiger partial charge in [0, 0.05) is 0 Å². The molecular weight excluding hydrogens is 470 g/mol. The Morgan fingerprint density at radius 3 is 2.34 bits per heavy atom. The van der Waals surface area contributed by atoms with Crippen molar-refractivity contribution in [3.05, 3.63) is 82.4 Å². The van der Waals surface area contributed by atoms with E-state index in [1.165, 1.54) is 38.1 Å². The van der Waals surface area contributed by atoms with Gasteiger partial charge in [-0.25, -0.2) is 9.07 Å². The maximum atomic E-state index is 13.3. The van der Waals surface area contributed by atoms with E-state index in [-0.39, 0.29) is 29.1 Å². The fourth-order valence-corrected chi connectivity index (χ4v) is 3.57. The van der Waals surface area contributed by atoms with Crippen molar-refractivity contribution in [3.63, 3.8) is 0 Å². The van der Waals surface area contributed by atoms with E-state index in [1.807, 2.05) is 0 Å². The number of aromatic nitrogens is 2. The number of amides is 1. The van der Waals surface area contributed by atoms with Crippen LogP contribution in [0.1, 0.15) is 45.3 Å². The lowest BCUT2D eigenvalue weighted by Gasteiger charge is -2.18. The standard InChI is InChI=1S/C24H21F4N3O4/c1-13-21(14(2)31(30-13)18-6-4-5-16(11-18)24(26,27)28)22(33)23(34)29-19(12-20(32)35-3)15-7-9-17(25)10-8-15/h4-11,19H,12H2,1-3H3,(H,29,34). The van der Waals surface area contributed by atoms with Crippen LogP contribution in [0.15, 0.2) is 48.5 Å². The van der Waals surface area contributed by atoms with Crippen molar-refractivity contribution in [3.8, 4) is 5.69 Å². The van der Waals surface area contributed by atoms with Gasteiger partial charge in [-0.3, -0.25) is 14.4 Å². The molecule has 0 aliphatic rings. The monoisotopic (exact) mass is 491 g/mol. The number of halogens is 4. The number of nitrogens with one attached hydrogen (secondary N) is 1. The Kier molecular flexibility index (Phi) is 7.37. The average Bonchev–Trinajstić information content (AvgIpc) is 3.11. The SMILES string of the molecule is COC(=O)CC(NC(=O)C(=O)c1c(C)nn(-c2cccc(C(F)(F)F)c2)c1C)c1ccc(F)cc1. The van der Waals surface area contributed by atoms with Crippen molar-refractivity contribution < 1.29 is 36.7 Å². The van der Waals surface area contributed by atoms with Crippen LogP contribution < -0.4 is 5.32 Å². The molecule has 0 aliphatic carbocycles. The van der Waals surface area contributed by atoms with Gasteiger partial charge in [0.25, 0.3) is 11.7 Å². The van der Waals surface area contributed by atoms with E-state index >= 15 is 0 Å². The summed E-state index contributed by atoms with van der Waals surface area (Å²) in [6.45, 7) is 2.90. The van der Waals surface area contributed by atoms with Crippen LogP contribution in [0.2, 0.25) is 0 Å². The molecule has 0 aliphatic heterocycles. The molecule has 1 N–H and O–H groups in total. The molecule has 1 aromatic heterocycles. The predicted molar refractivity (Wildman–Crippen MR) is 116 cm³/mol. The minimum atomic E-state index is -4.57. The third kappa shape index (κ3) is 5.73. The second-order valence-electron chi connectivity index (χ2n) is 7.69. The highest BCUT2D eigenvalue weighted by atomic mass is 19.4. The molecule has 7 nitrogen and oxygen atoms in total. The second-order valence-corrected chi connectivity index (χ2v) is 7.69. The summed E-state index contributed by atoms with van der Waals surface area (Å²) in [4.78, 5) is 37.7. The third-order valence-electron chi connectivity index (χ3n) is 5.32. The normalized spacial score (nSPS) is 12.2. The largest absolute Gasteiger partial charge is 0.469 e. The number of rotatable bonds is 7. The number of carbonyl (C=O) groups excluding carboxylic acids is 3. The number of esters is 1. The van der Waals surface area contributed by atoms with Crippen LogP contribution in [-0.4, -0.2) is 34.6 Å². The number of aryl methyl sites for hydroxylation is 1. The minimum Gasteiger partial charge on any atom is -0.469 e. The second kappa shape index (κ2) is 10.1. The first kappa shape index (κ1) is 25.6. The first-order valence-electron chi connectivity index (χ1n) is 10.3. The first-order chi connectivity index (χ1) is 16.4. The van der Waals surface area contributed by atoms with Crippen molar-refractivity contribution in [2.24, 2.45) is 0 Å². The molecule has 11 heteroatoms. The zero-order valence-electron chi connectivity index (χ0n) is 18.9. The lowest BCUT2D eigenvalue weighted by atomic mass is 10.0. The summed E-state index contributed by atoms with van der Waals surface area (Å²) in [6.07, 6.45) is -4.89. The van der Waals surface area contributed by atoms with Crippen molar-refractivity contribution in [1.29, 1.82) is 0 Å². The van der Waals surface area contributed by atoms with Crippen LogP contribution in [0.4, 0.5) is 17.6 Å². The number of hydrogen-bond acceptors (Lipinski definition) is 5. The molecule has 0 bridgehead atoms. The molecule has 0 saturated heterocycles. The summed E-state index contributed by atoms with van der Waals surface area (Å²) in [6, 6.07) is 8.40. The molecule has 3 aromatic rings. The van der Waals surface area contributed by atoms with Crippen LogP contribution in [0.3, 0.4) is 0 Å². The molecule has 2 aromatic carbocycles. The number of methoxy groups -OCH3 is 1. The Balaban J connectivity index is 1.91. The third-order valence-corrected chi connectivity index (χ3v) is 5.32. The summed E-state index contributed by atoms with van der Waals surface area (Å²) in [5.41, 5.74) is -0.255. The van der Waals surface area contributed by atoms with E-state index in [1.54, 1.807) is 0 Å². The number of Topliss-reactive ketones (excluding diaryl/α,β-unsaturated/α-hetero) is 1. The summed E-state index contributed by atoms with van der Waals surface area (Å²) >= 11 is 0. The van der Waals surface area contributed by atoms with Crippen molar-refractivity contribution in [1.82, 2.24) is 15.1 Å². The highest BCUT2D eigenvalue weighted by Crippen LogP contribution is 2.31. The van der Waals surface area contributed by atoms with E-state index in [9.17, 15) is 31.9 Å². The van der Waals surface area contributed by atoms with Crippen molar-refractivity contribution in [2.75, 3.05) is 7.11 Å². The summed E-state index contributed by atoms with van der Waals surface area (Å²) < 4.78 is 58.4. The molecule has 35 heavy (non-hydrogen) atoms. The number of ether oxygens (including phenoxy) is 1. The molecule has 1 unspecified atom stereocenters. The quantitative estimate of drug-likeness (QED) is 0.231. The van der Waals surface area contributed by atoms with Crippen molar-refractivity contribution in [2.45, 2.75) is 32.5 Å². The average molecular weight is 491 g/mol. The van der Waals surface area contributed by atoms with Crippen LogP contribution in [0, 0.1) is 19.7 Å². The number of nitrogens with zero attached hydrogens (tertiary/aromatic N) is 2. The molecule has 0 radical (unpaired) electrons. The van der Waals surface area contributed by atoms with E-state index in [2.05, 4.69) is 15.2 Å². The molecule has 3 rings (SSSR count). The van der Waals surface area contributed by atoms with E-state index in [0.717, 1.165) is 36.1 Å². The molecule has 0 spiro atoms. The van der Waals surface area contributed by atoms with Gasteiger partial charge in [0.05, 0.1) is 47.8 Å². The van der Waals surface area contributed by atoms with Gasteiger partial charge in [0.1, 0.15) is 5.82 Å². The number of benzene rings is 2. The first-order valence-corrected chi connectivity index (χ1v) is 10.3. The fraction of sp³-hybridized carbons (Fsp3) is 0.250. The summed E-state index contributed by atoms with van der Waals surface area (Å²) in [7, 11) is 1.16. The molecular formula is C24H21F4N3O4. The summed E-state index contributed by atoms with van der Waals surface area (Å²) in [5.74, 6) is -3.26. The maximum absolute atomic E-state index is 13.3. The van der Waals surface area contributed by atoms with Crippen molar-refractivity contribution >= 4 is 17.7 Å². The van der Waals surface area contributed by atoms with Gasteiger partial charge >= 0.3 is 12.1 Å². The predicted octanol–water partition coefficient (Wildman–Crippen LogP) is 4.25. The molecule has 1 amide bonds. The van der Waals surface area contributed by atoms with Gasteiger partial charge in [0.15, 0.2) is 0 Å². The highest BCUT2D eigenvalue weighted by molar-refractivity contribution is 6.43. The minimum absolute atomic E-state index is 0.0646. The Morgan fingerprint density at radius 2 is 1.74 bits per heavy atom. The Labute approximate surface area is 197 Å². The van der Waals surface area contributed by atoms with Crippen LogP contribution in [0.5, 0.6) is 0 Å². The highest BCUT2D eigenvalue weighted by Gasteiger charge is 2.32. The number of alkyl halides is 3. The van der Waals surface area contributed by atoms with Gasteiger partial charge in [-0.05, 0) is 49.7 Å². The van der Waals surface area contributed by atoms with Gasteiger partial charge in [-0.1, -0.05) is 18.2 Å². The molecule has 1 heterocycles. The van der Waals surface area contributed by atoms with E-state index in [4.69, 9.17) is 0 Å². The van der Waals surface area contributed by atoms with Gasteiger partial charge in [0.2, 0.25) is 0 Å². The van der Waals surface area contributed by atoms with E-state index in [0.29, 0.717) is 5.56 Å². The lowest BCUT2D eigenvalue weighted by Crippen LogP contribution is -2.36. The van der Waals surface area contributed by atoms with Crippen LogP contribution in [0.25, 0.3) is 5.69 Å². The zero-order chi connectivity index (χ0) is 25.9. The van der Waals surface area contributed by atoms with E-state index < -0.39 is 41.3 Å². The van der Waals surface area contributed by atoms with Gasteiger partial charge < -0.3 is 10.1 Å². The lowest BCUT2D eigenvalue weighted by molar-refractivity contribution is -0.141. The Hall–Kier alpha value is -4.02. The zero-order valence-corrected chi connectivity index (χ0v) is 18.9. The molecule has 0 fully saturated rings. The number of ketones is 1. The van der Waals surface area contributed by atoms with Gasteiger partial charge in [-0.2, -0.15) is 18.3 Å². The fourth-order valence-electron chi connectivity index (χ4n) is 3.57. The smallest absolute Gasteiger partial charge is 0.416 e. The Morgan fingerprint density at radius 1 is 1.09 bits per heavy atom. The van der Waals surface area contributed by atoms with Gasteiger partial charge in [-0.15, -0.1) is 0 Å². The Bertz CT molecular complexity index is 1270. The van der Waals surface area contributed by atoms with Crippen LogP contribution in [-0.2, 0) is 20.5 Å². The summed E-state index contributed by atoms with van der Waals surface area (Å²) in [5, 5.41) is 6.60. The molecule has 0 saturated carbocycles. The van der Waals surface area contributed by atoms with Crippen LogP contribution >= 0.6 is 0 Å².